The Labute approximate surface area is 132 Å². The van der Waals surface area contributed by atoms with Crippen LogP contribution in [0.5, 0.6) is 0 Å². The van der Waals surface area contributed by atoms with Gasteiger partial charge in [0.15, 0.2) is 0 Å². The van der Waals surface area contributed by atoms with Gasteiger partial charge in [0.05, 0.1) is 12.7 Å². The van der Waals surface area contributed by atoms with Gasteiger partial charge in [0.1, 0.15) is 0 Å². The lowest BCUT2D eigenvalue weighted by atomic mass is 10.1. The lowest BCUT2D eigenvalue weighted by Gasteiger charge is -2.33. The fraction of sp³-hybridized carbons (Fsp3) is 0.611. The highest BCUT2D eigenvalue weighted by atomic mass is 16.5. The summed E-state index contributed by atoms with van der Waals surface area (Å²) in [6, 6.07) is 10.5. The van der Waals surface area contributed by atoms with Crippen molar-refractivity contribution in [3.63, 3.8) is 0 Å². The first-order valence-corrected chi connectivity index (χ1v) is 8.49. The van der Waals surface area contributed by atoms with Crippen LogP contribution >= 0.6 is 0 Å². The summed E-state index contributed by atoms with van der Waals surface area (Å²) in [6.07, 6.45) is 4.56. The van der Waals surface area contributed by atoms with E-state index in [1.165, 1.54) is 5.56 Å². The number of rotatable bonds is 7. The van der Waals surface area contributed by atoms with Crippen molar-refractivity contribution in [2.75, 3.05) is 32.8 Å². The first-order chi connectivity index (χ1) is 10.8. The number of nitrogens with zero attached hydrogens (tertiary/aromatic N) is 1. The number of carbonyl (C=O) groups is 1. The van der Waals surface area contributed by atoms with E-state index in [0.717, 1.165) is 58.5 Å². The van der Waals surface area contributed by atoms with Crippen molar-refractivity contribution in [3.05, 3.63) is 35.9 Å². The van der Waals surface area contributed by atoms with Gasteiger partial charge in [-0.15, -0.1) is 0 Å². The lowest BCUT2D eigenvalue weighted by Crippen LogP contribution is -2.39. The molecule has 0 radical (unpaired) electrons. The molecule has 4 heteroatoms. The molecule has 1 saturated carbocycles. The van der Waals surface area contributed by atoms with E-state index in [2.05, 4.69) is 34.5 Å². The van der Waals surface area contributed by atoms with Crippen LogP contribution in [0, 0.1) is 5.92 Å². The van der Waals surface area contributed by atoms with Gasteiger partial charge in [-0.05, 0) is 37.8 Å². The van der Waals surface area contributed by atoms with Crippen LogP contribution in [0.15, 0.2) is 30.3 Å². The molecule has 2 fully saturated rings. The van der Waals surface area contributed by atoms with Gasteiger partial charge in [0.2, 0.25) is 5.91 Å². The van der Waals surface area contributed by atoms with E-state index in [4.69, 9.17) is 4.74 Å². The number of nitrogens with one attached hydrogen (secondary N) is 1. The Morgan fingerprint density at radius 3 is 2.82 bits per heavy atom. The summed E-state index contributed by atoms with van der Waals surface area (Å²) in [4.78, 5) is 14.0. The predicted molar refractivity (Wildman–Crippen MR) is 86.5 cm³/mol. The Hall–Kier alpha value is -1.39. The number of morpholine rings is 1. The zero-order valence-electron chi connectivity index (χ0n) is 13.2. The smallest absolute Gasteiger partial charge is 0.223 e. The molecule has 1 aliphatic heterocycles. The summed E-state index contributed by atoms with van der Waals surface area (Å²) in [7, 11) is 0. The summed E-state index contributed by atoms with van der Waals surface area (Å²) in [5.41, 5.74) is 1.27. The van der Waals surface area contributed by atoms with Crippen LogP contribution in [0.3, 0.4) is 0 Å². The van der Waals surface area contributed by atoms with E-state index in [1.54, 1.807) is 0 Å². The highest BCUT2D eigenvalue weighted by Gasteiger charge is 2.29. The van der Waals surface area contributed by atoms with E-state index < -0.39 is 0 Å². The van der Waals surface area contributed by atoms with Crippen LogP contribution in [0.2, 0.25) is 0 Å². The molecule has 120 valence electrons. The Balaban J connectivity index is 1.33. The van der Waals surface area contributed by atoms with Gasteiger partial charge in [0, 0.05) is 25.6 Å². The highest BCUT2D eigenvalue weighted by Crippen LogP contribution is 2.28. The van der Waals surface area contributed by atoms with E-state index in [1.807, 2.05) is 6.07 Å². The van der Waals surface area contributed by atoms with Crippen LogP contribution in [0.1, 0.15) is 37.4 Å². The van der Waals surface area contributed by atoms with Crippen LogP contribution in [-0.2, 0) is 9.53 Å². The third-order valence-corrected chi connectivity index (χ3v) is 4.47. The molecule has 1 saturated heterocycles. The molecule has 0 aromatic heterocycles. The van der Waals surface area contributed by atoms with Crippen molar-refractivity contribution < 1.29 is 9.53 Å². The maximum absolute atomic E-state index is 11.5. The van der Waals surface area contributed by atoms with Gasteiger partial charge in [-0.1, -0.05) is 30.3 Å². The second-order valence-corrected chi connectivity index (χ2v) is 6.34. The average Bonchev–Trinajstić information content (AvgIpc) is 3.40. The number of unbranched alkanes of at least 4 members (excludes halogenated alkanes) is 1. The van der Waals surface area contributed by atoms with E-state index in [9.17, 15) is 4.79 Å². The summed E-state index contributed by atoms with van der Waals surface area (Å²) in [5, 5.41) is 3.03. The molecule has 0 spiro atoms. The van der Waals surface area contributed by atoms with Crippen LogP contribution in [-0.4, -0.2) is 43.6 Å². The molecule has 1 aliphatic carbocycles. The normalized spacial score (nSPS) is 22.5. The van der Waals surface area contributed by atoms with Crippen molar-refractivity contribution >= 4 is 5.91 Å². The van der Waals surface area contributed by atoms with E-state index >= 15 is 0 Å². The van der Waals surface area contributed by atoms with Gasteiger partial charge in [-0.25, -0.2) is 0 Å². The minimum Gasteiger partial charge on any atom is -0.371 e. The molecule has 0 bridgehead atoms. The average molecular weight is 302 g/mol. The zero-order valence-corrected chi connectivity index (χ0v) is 13.2. The number of carbonyl (C=O) groups excluding carboxylic acids is 1. The third-order valence-electron chi connectivity index (χ3n) is 4.47. The van der Waals surface area contributed by atoms with Crippen molar-refractivity contribution in [1.82, 2.24) is 10.2 Å². The molecule has 3 rings (SSSR count). The fourth-order valence-electron chi connectivity index (χ4n) is 2.94. The molecular weight excluding hydrogens is 276 g/mol. The Morgan fingerprint density at radius 2 is 2.05 bits per heavy atom. The SMILES string of the molecule is O=C(NCCCCN1CCOC(c2ccccc2)C1)C1CC1. The van der Waals surface area contributed by atoms with Gasteiger partial charge in [-0.2, -0.15) is 0 Å². The van der Waals surface area contributed by atoms with Crippen molar-refractivity contribution in [3.8, 4) is 0 Å². The standard InChI is InChI=1S/C18H26N2O2/c21-18(16-8-9-16)19-10-4-5-11-20-12-13-22-17(14-20)15-6-2-1-3-7-15/h1-3,6-7,16-17H,4-5,8-14H2,(H,19,21). The molecule has 1 unspecified atom stereocenters. The number of hydrogen-bond donors (Lipinski definition) is 1. The monoisotopic (exact) mass is 302 g/mol. The molecule has 4 nitrogen and oxygen atoms in total. The van der Waals surface area contributed by atoms with Crippen LogP contribution < -0.4 is 5.32 Å². The molecule has 1 atom stereocenters. The maximum Gasteiger partial charge on any atom is 0.223 e. The van der Waals surface area contributed by atoms with Gasteiger partial charge >= 0.3 is 0 Å². The molecule has 1 N–H and O–H groups in total. The minimum atomic E-state index is 0.199. The molecular formula is C18H26N2O2. The number of benzene rings is 1. The quantitative estimate of drug-likeness (QED) is 0.786. The largest absolute Gasteiger partial charge is 0.371 e. The Kier molecular flexibility index (Phi) is 5.46. The highest BCUT2D eigenvalue weighted by molar-refractivity contribution is 5.80. The van der Waals surface area contributed by atoms with Crippen molar-refractivity contribution in [1.29, 1.82) is 0 Å². The van der Waals surface area contributed by atoms with E-state index in [0.29, 0.717) is 5.92 Å². The molecule has 1 amide bonds. The molecule has 22 heavy (non-hydrogen) atoms. The van der Waals surface area contributed by atoms with Crippen LogP contribution in [0.25, 0.3) is 0 Å². The lowest BCUT2D eigenvalue weighted by molar-refractivity contribution is -0.122. The third kappa shape index (κ3) is 4.55. The summed E-state index contributed by atoms with van der Waals surface area (Å²) >= 11 is 0. The molecule has 1 heterocycles. The topological polar surface area (TPSA) is 41.6 Å². The number of ether oxygens (including phenoxy) is 1. The second-order valence-electron chi connectivity index (χ2n) is 6.34. The maximum atomic E-state index is 11.5. The number of hydrogen-bond acceptors (Lipinski definition) is 3. The molecule has 1 aromatic carbocycles. The van der Waals surface area contributed by atoms with Gasteiger partial charge < -0.3 is 10.1 Å². The van der Waals surface area contributed by atoms with Crippen LogP contribution in [0.4, 0.5) is 0 Å². The summed E-state index contributed by atoms with van der Waals surface area (Å²) < 4.78 is 5.89. The minimum absolute atomic E-state index is 0.199. The van der Waals surface area contributed by atoms with Crippen molar-refractivity contribution in [2.45, 2.75) is 31.8 Å². The summed E-state index contributed by atoms with van der Waals surface area (Å²) in [6.45, 7) is 4.70. The zero-order chi connectivity index (χ0) is 15.2. The van der Waals surface area contributed by atoms with Gasteiger partial charge in [0.25, 0.3) is 0 Å². The number of amides is 1. The Morgan fingerprint density at radius 1 is 1.23 bits per heavy atom. The Bertz CT molecular complexity index is 473. The first kappa shape index (κ1) is 15.5. The van der Waals surface area contributed by atoms with Crippen molar-refractivity contribution in [2.24, 2.45) is 5.92 Å². The predicted octanol–water partition coefficient (Wildman–Crippen LogP) is 2.37. The summed E-state index contributed by atoms with van der Waals surface area (Å²) in [5.74, 6) is 0.585. The molecule has 1 aromatic rings. The second kappa shape index (κ2) is 7.75. The first-order valence-electron chi connectivity index (χ1n) is 8.49. The molecule has 2 aliphatic rings. The van der Waals surface area contributed by atoms with E-state index in [-0.39, 0.29) is 12.0 Å². The fourth-order valence-corrected chi connectivity index (χ4v) is 2.94. The van der Waals surface area contributed by atoms with Gasteiger partial charge in [-0.3, -0.25) is 9.69 Å².